The molecule has 0 aliphatic carbocycles. The molecule has 0 aromatic heterocycles. The molecule has 0 spiro atoms. The number of rotatable bonds is 8. The molecule has 7 heteroatoms. The Labute approximate surface area is 138 Å². The van der Waals surface area contributed by atoms with Crippen molar-refractivity contribution in [3.8, 4) is 0 Å². The van der Waals surface area contributed by atoms with Crippen LogP contribution < -0.4 is 0 Å². The largest absolute Gasteiger partial charge is 0.424 e. The van der Waals surface area contributed by atoms with Crippen LogP contribution in [0.4, 0.5) is 4.79 Å². The van der Waals surface area contributed by atoms with Gasteiger partial charge in [-0.15, -0.1) is 0 Å². The Bertz CT molecular complexity index is 569. The van der Waals surface area contributed by atoms with Crippen LogP contribution in [0.1, 0.15) is 37.0 Å². The Morgan fingerprint density at radius 1 is 1.04 bits per heavy atom. The van der Waals surface area contributed by atoms with Crippen LogP contribution in [0.25, 0.3) is 0 Å². The SMILES string of the molecule is CC(=O)CCC(=O)C(C)SC(=O)OCOC(=O)c1ccccc1. The Balaban J connectivity index is 2.27. The van der Waals surface area contributed by atoms with Crippen LogP contribution >= 0.6 is 11.8 Å². The van der Waals surface area contributed by atoms with Crippen molar-refractivity contribution in [3.05, 3.63) is 35.9 Å². The molecular formula is C16H18O6S. The van der Waals surface area contributed by atoms with Gasteiger partial charge >= 0.3 is 11.3 Å². The van der Waals surface area contributed by atoms with Gasteiger partial charge in [-0.25, -0.2) is 9.59 Å². The fourth-order valence-corrected chi connectivity index (χ4v) is 2.19. The summed E-state index contributed by atoms with van der Waals surface area (Å²) < 4.78 is 9.54. The first kappa shape index (κ1) is 18.9. The van der Waals surface area contributed by atoms with Crippen LogP contribution in [0, 0.1) is 0 Å². The summed E-state index contributed by atoms with van der Waals surface area (Å²) in [7, 11) is 0. The lowest BCUT2D eigenvalue weighted by Crippen LogP contribution is -2.18. The maximum absolute atomic E-state index is 11.7. The van der Waals surface area contributed by atoms with Gasteiger partial charge in [-0.1, -0.05) is 18.2 Å². The van der Waals surface area contributed by atoms with Crippen molar-refractivity contribution in [2.45, 2.75) is 31.9 Å². The van der Waals surface area contributed by atoms with Gasteiger partial charge in [-0.2, -0.15) is 0 Å². The van der Waals surface area contributed by atoms with Gasteiger partial charge in [0.1, 0.15) is 11.6 Å². The molecule has 0 bridgehead atoms. The summed E-state index contributed by atoms with van der Waals surface area (Å²) >= 11 is 0.694. The minimum atomic E-state index is -0.713. The lowest BCUT2D eigenvalue weighted by Gasteiger charge is -2.09. The number of carbonyl (C=O) groups is 4. The maximum Gasteiger partial charge on any atom is 0.370 e. The van der Waals surface area contributed by atoms with Crippen molar-refractivity contribution in [1.82, 2.24) is 0 Å². The summed E-state index contributed by atoms with van der Waals surface area (Å²) in [6.07, 6.45) is 0.257. The van der Waals surface area contributed by atoms with Gasteiger partial charge in [-0.05, 0) is 37.7 Å². The van der Waals surface area contributed by atoms with Gasteiger partial charge in [-0.3, -0.25) is 4.79 Å². The van der Waals surface area contributed by atoms with E-state index >= 15 is 0 Å². The number of benzene rings is 1. The fourth-order valence-electron chi connectivity index (χ4n) is 1.54. The Morgan fingerprint density at radius 3 is 2.30 bits per heavy atom. The molecule has 0 saturated carbocycles. The van der Waals surface area contributed by atoms with Crippen molar-refractivity contribution in [1.29, 1.82) is 0 Å². The first-order chi connectivity index (χ1) is 10.9. The molecular weight excluding hydrogens is 320 g/mol. The van der Waals surface area contributed by atoms with E-state index < -0.39 is 23.3 Å². The first-order valence-electron chi connectivity index (χ1n) is 6.98. The molecule has 124 valence electrons. The number of hydrogen-bond acceptors (Lipinski definition) is 7. The van der Waals surface area contributed by atoms with E-state index in [4.69, 9.17) is 9.47 Å². The van der Waals surface area contributed by atoms with Crippen LogP contribution in [0.15, 0.2) is 30.3 Å². The van der Waals surface area contributed by atoms with Crippen LogP contribution in [0.5, 0.6) is 0 Å². The van der Waals surface area contributed by atoms with E-state index in [-0.39, 0.29) is 24.4 Å². The average Bonchev–Trinajstić information content (AvgIpc) is 2.53. The molecule has 0 fully saturated rings. The summed E-state index contributed by atoms with van der Waals surface area (Å²) in [6.45, 7) is 2.44. The molecule has 0 N–H and O–H groups in total. The molecule has 1 aromatic rings. The summed E-state index contributed by atoms with van der Waals surface area (Å²) in [6, 6.07) is 8.29. The second-order valence-corrected chi connectivity index (χ2v) is 6.01. The van der Waals surface area contributed by atoms with Gasteiger partial charge in [0.15, 0.2) is 0 Å². The van der Waals surface area contributed by atoms with Gasteiger partial charge in [0.25, 0.3) is 0 Å². The van der Waals surface area contributed by atoms with Crippen LogP contribution in [-0.2, 0) is 19.1 Å². The molecule has 0 amide bonds. The second kappa shape index (κ2) is 9.78. The quantitative estimate of drug-likeness (QED) is 0.532. The third-order valence-corrected chi connectivity index (χ3v) is 3.75. The second-order valence-electron chi connectivity index (χ2n) is 4.74. The predicted molar refractivity (Wildman–Crippen MR) is 85.2 cm³/mol. The number of ether oxygens (including phenoxy) is 2. The molecule has 6 nitrogen and oxygen atoms in total. The Morgan fingerprint density at radius 2 is 1.70 bits per heavy atom. The van der Waals surface area contributed by atoms with E-state index in [1.54, 1.807) is 37.3 Å². The minimum Gasteiger partial charge on any atom is -0.424 e. The minimum absolute atomic E-state index is 0.0778. The molecule has 1 atom stereocenters. The Hall–Kier alpha value is -2.15. The number of carbonyl (C=O) groups excluding carboxylic acids is 4. The maximum atomic E-state index is 11.7. The van der Waals surface area contributed by atoms with E-state index in [2.05, 4.69) is 0 Å². The third-order valence-electron chi connectivity index (χ3n) is 2.83. The van der Waals surface area contributed by atoms with Crippen molar-refractivity contribution < 1.29 is 28.7 Å². The van der Waals surface area contributed by atoms with Crippen LogP contribution in [0.2, 0.25) is 0 Å². The lowest BCUT2D eigenvalue weighted by atomic mass is 10.1. The smallest absolute Gasteiger partial charge is 0.370 e. The third kappa shape index (κ3) is 7.60. The highest BCUT2D eigenvalue weighted by atomic mass is 32.2. The molecule has 0 aliphatic rings. The van der Waals surface area contributed by atoms with Gasteiger partial charge in [0, 0.05) is 12.8 Å². The molecule has 0 saturated heterocycles. The van der Waals surface area contributed by atoms with Crippen LogP contribution in [-0.4, -0.2) is 34.9 Å². The van der Waals surface area contributed by atoms with E-state index in [0.717, 1.165) is 0 Å². The Kier molecular flexibility index (Phi) is 8.04. The van der Waals surface area contributed by atoms with Crippen molar-refractivity contribution in [2.24, 2.45) is 0 Å². The lowest BCUT2D eigenvalue weighted by molar-refractivity contribution is -0.122. The number of ketones is 2. The van der Waals surface area contributed by atoms with Gasteiger partial charge in [0.2, 0.25) is 6.79 Å². The van der Waals surface area contributed by atoms with E-state index in [9.17, 15) is 19.2 Å². The zero-order valence-corrected chi connectivity index (χ0v) is 13.8. The zero-order valence-electron chi connectivity index (χ0n) is 12.9. The monoisotopic (exact) mass is 338 g/mol. The topological polar surface area (TPSA) is 86.7 Å². The fraction of sp³-hybridized carbons (Fsp3) is 0.375. The zero-order chi connectivity index (χ0) is 17.2. The highest BCUT2D eigenvalue weighted by Crippen LogP contribution is 2.17. The summed E-state index contributed by atoms with van der Waals surface area (Å²) in [4.78, 5) is 45.6. The van der Waals surface area contributed by atoms with Crippen molar-refractivity contribution in [3.63, 3.8) is 0 Å². The number of thioether (sulfide) groups is 1. The molecule has 23 heavy (non-hydrogen) atoms. The molecule has 0 aliphatic heterocycles. The van der Waals surface area contributed by atoms with E-state index in [1.807, 2.05) is 0 Å². The molecule has 0 radical (unpaired) electrons. The number of esters is 1. The van der Waals surface area contributed by atoms with Crippen LogP contribution in [0.3, 0.4) is 0 Å². The number of Topliss-reactive ketones (excluding diaryl/α,β-unsaturated/α-hetero) is 2. The highest BCUT2D eigenvalue weighted by molar-refractivity contribution is 8.14. The summed E-state index contributed by atoms with van der Waals surface area (Å²) in [5.41, 5.74) is 0.351. The summed E-state index contributed by atoms with van der Waals surface area (Å²) in [5, 5.41) is -1.33. The standard InChI is InChI=1S/C16H18O6S/c1-11(17)8-9-14(18)12(2)23-16(20)22-10-21-15(19)13-6-4-3-5-7-13/h3-7,12H,8-10H2,1-2H3. The predicted octanol–water partition coefficient (Wildman–Crippen LogP) is 3.00. The highest BCUT2D eigenvalue weighted by Gasteiger charge is 2.19. The molecule has 1 aromatic carbocycles. The van der Waals surface area contributed by atoms with E-state index in [1.165, 1.54) is 6.92 Å². The van der Waals surface area contributed by atoms with Crippen molar-refractivity contribution in [2.75, 3.05) is 6.79 Å². The van der Waals surface area contributed by atoms with Gasteiger partial charge in [0.05, 0.1) is 10.8 Å². The molecule has 1 unspecified atom stereocenters. The normalized spacial score (nSPS) is 11.4. The van der Waals surface area contributed by atoms with Gasteiger partial charge < -0.3 is 14.3 Å². The molecule has 1 rings (SSSR count). The van der Waals surface area contributed by atoms with Crippen molar-refractivity contribution >= 4 is 34.6 Å². The summed E-state index contributed by atoms with van der Waals surface area (Å²) in [5.74, 6) is -0.886. The first-order valence-corrected chi connectivity index (χ1v) is 7.86. The average molecular weight is 338 g/mol. The molecule has 0 heterocycles. The van der Waals surface area contributed by atoms with E-state index in [0.29, 0.717) is 17.3 Å². The number of hydrogen-bond donors (Lipinski definition) is 0.